The smallest absolute Gasteiger partial charge is 0.419 e. The lowest BCUT2D eigenvalue weighted by atomic mass is 10.1. The van der Waals surface area contributed by atoms with Crippen molar-refractivity contribution in [2.45, 2.75) is 39.8 Å². The molecule has 0 unspecified atom stereocenters. The van der Waals surface area contributed by atoms with E-state index >= 15 is 0 Å². The van der Waals surface area contributed by atoms with Crippen LogP contribution in [0.25, 0.3) is 0 Å². The average Bonchev–Trinajstić information content (AvgIpc) is 3.20. The van der Waals surface area contributed by atoms with E-state index in [0.717, 1.165) is 28.0 Å². The fraction of sp³-hybridized carbons (Fsp3) is 0.250. The molecule has 1 saturated heterocycles. The van der Waals surface area contributed by atoms with Crippen LogP contribution in [0, 0.1) is 0 Å². The summed E-state index contributed by atoms with van der Waals surface area (Å²) < 4.78 is 74.6. The normalized spacial score (nSPS) is 18.4. The summed E-state index contributed by atoms with van der Waals surface area (Å²) in [5.41, 5.74) is -1.82. The number of alkyl halides is 3. The lowest BCUT2D eigenvalue weighted by Gasteiger charge is -2.27. The molecule has 1 aliphatic rings. The molecule has 0 aliphatic carbocycles. The number of benzene rings is 3. The number of halogens is 4. The summed E-state index contributed by atoms with van der Waals surface area (Å²) in [5, 5.41) is 3.64. The first kappa shape index (κ1) is 25.7. The van der Waals surface area contributed by atoms with Gasteiger partial charge in [-0.15, -0.1) is 0 Å². The molecular weight excluding hydrogens is 521 g/mol. The van der Waals surface area contributed by atoms with Gasteiger partial charge in [-0.05, 0) is 62.0 Å². The number of hydrogen-bond donors (Lipinski definition) is 2. The second-order valence-electron chi connectivity index (χ2n) is 8.30. The summed E-state index contributed by atoms with van der Waals surface area (Å²) in [6.45, 7) is 2.72. The summed E-state index contributed by atoms with van der Waals surface area (Å²) in [6.07, 6.45) is -4.12. The zero-order valence-electron chi connectivity index (χ0n) is 18.5. The third kappa shape index (κ3) is 6.24. The second kappa shape index (κ2) is 9.93. The molecule has 11 heteroatoms. The first-order valence-electron chi connectivity index (χ1n) is 10.6. The van der Waals surface area contributed by atoms with Crippen LogP contribution in [0.4, 0.5) is 18.9 Å². The summed E-state index contributed by atoms with van der Waals surface area (Å²) in [4.78, 5) is 1.57. The van der Waals surface area contributed by atoms with Crippen LogP contribution in [0.5, 0.6) is 5.75 Å². The van der Waals surface area contributed by atoms with Crippen LogP contribution in [0.2, 0.25) is 5.02 Å². The first-order chi connectivity index (χ1) is 16.5. The largest absolute Gasteiger partial charge is 0.485 e. The van der Waals surface area contributed by atoms with E-state index in [1.54, 1.807) is 25.1 Å². The first-order valence-corrected chi connectivity index (χ1v) is 13.3. The van der Waals surface area contributed by atoms with Gasteiger partial charge in [-0.2, -0.15) is 13.2 Å². The summed E-state index contributed by atoms with van der Waals surface area (Å²) >= 11 is 7.55. The molecule has 0 spiro atoms. The van der Waals surface area contributed by atoms with E-state index < -0.39 is 33.1 Å². The Morgan fingerprint density at radius 1 is 1.09 bits per heavy atom. The Kier molecular flexibility index (Phi) is 7.28. The van der Waals surface area contributed by atoms with Gasteiger partial charge in [0.1, 0.15) is 11.4 Å². The van der Waals surface area contributed by atoms with Crippen molar-refractivity contribution in [1.29, 1.82) is 0 Å². The predicted octanol–water partition coefficient (Wildman–Crippen LogP) is 6.44. The van der Waals surface area contributed by atoms with Crippen molar-refractivity contribution in [1.82, 2.24) is 5.32 Å². The fourth-order valence-electron chi connectivity index (χ4n) is 3.61. The average molecular weight is 543 g/mol. The number of nitrogens with one attached hydrogen (secondary N) is 2. The van der Waals surface area contributed by atoms with E-state index in [9.17, 15) is 21.6 Å². The van der Waals surface area contributed by atoms with Gasteiger partial charge in [0.05, 0.1) is 21.2 Å². The van der Waals surface area contributed by atoms with Gasteiger partial charge in [0.2, 0.25) is 0 Å². The van der Waals surface area contributed by atoms with Gasteiger partial charge in [0, 0.05) is 28.8 Å². The monoisotopic (exact) mass is 542 g/mol. The molecule has 2 N–H and O–H groups in total. The number of sulfonamides is 1. The van der Waals surface area contributed by atoms with E-state index in [-0.39, 0.29) is 10.6 Å². The Morgan fingerprint density at radius 2 is 1.80 bits per heavy atom. The van der Waals surface area contributed by atoms with E-state index in [2.05, 4.69) is 10.0 Å². The van der Waals surface area contributed by atoms with E-state index in [1.807, 2.05) is 18.2 Å². The van der Waals surface area contributed by atoms with Crippen molar-refractivity contribution in [2.75, 3.05) is 17.8 Å². The molecule has 1 aliphatic heterocycles. The SMILES string of the molecule is C[C@@]1(Oc2cc(NS(=O)(=O)c3ccc(Sc4ccccc4Cl)cc3)ccc2C(F)(F)F)CCNC1. The van der Waals surface area contributed by atoms with Crippen LogP contribution >= 0.6 is 23.4 Å². The van der Waals surface area contributed by atoms with E-state index in [4.69, 9.17) is 16.3 Å². The number of ether oxygens (including phenoxy) is 1. The van der Waals surface area contributed by atoms with Crippen LogP contribution < -0.4 is 14.8 Å². The zero-order chi connectivity index (χ0) is 25.3. The Morgan fingerprint density at radius 3 is 2.43 bits per heavy atom. The molecule has 0 saturated carbocycles. The summed E-state index contributed by atoms with van der Waals surface area (Å²) in [5.74, 6) is -0.421. The minimum absolute atomic E-state index is 0.0305. The number of rotatable bonds is 7. The van der Waals surface area contributed by atoms with Crippen LogP contribution in [-0.4, -0.2) is 27.1 Å². The molecule has 1 atom stereocenters. The molecule has 35 heavy (non-hydrogen) atoms. The van der Waals surface area contributed by atoms with Crippen LogP contribution in [0.15, 0.2) is 81.4 Å². The van der Waals surface area contributed by atoms with Gasteiger partial charge in [-0.3, -0.25) is 4.72 Å². The molecule has 0 bridgehead atoms. The summed E-state index contributed by atoms with van der Waals surface area (Å²) in [6, 6.07) is 16.4. The third-order valence-corrected chi connectivity index (χ3v) is 8.35. The molecule has 1 fully saturated rings. The van der Waals surface area contributed by atoms with Gasteiger partial charge in [0.25, 0.3) is 10.0 Å². The molecule has 0 amide bonds. The fourth-order valence-corrected chi connectivity index (χ4v) is 5.75. The van der Waals surface area contributed by atoms with Gasteiger partial charge in [0.15, 0.2) is 0 Å². The molecule has 3 aromatic rings. The van der Waals surface area contributed by atoms with Gasteiger partial charge < -0.3 is 10.1 Å². The molecule has 0 aromatic heterocycles. The maximum atomic E-state index is 13.6. The Hall–Kier alpha value is -2.40. The lowest BCUT2D eigenvalue weighted by molar-refractivity contribution is -0.139. The lowest BCUT2D eigenvalue weighted by Crippen LogP contribution is -2.35. The van der Waals surface area contributed by atoms with Crippen molar-refractivity contribution in [2.24, 2.45) is 0 Å². The highest BCUT2D eigenvalue weighted by Gasteiger charge is 2.38. The standard InChI is InChI=1S/C24H22ClF3N2O3S2/c1-23(12-13-29-15-23)33-21-14-16(6-11-19(21)24(26,27)28)30-35(31,32)18-9-7-17(8-10-18)34-22-5-3-2-4-20(22)25/h2-11,14,29-30H,12-13,15H2,1H3/t23-/m1/s1. The molecule has 1 heterocycles. The van der Waals surface area contributed by atoms with Crippen molar-refractivity contribution >= 4 is 39.1 Å². The Labute approximate surface area is 211 Å². The Balaban J connectivity index is 1.55. The second-order valence-corrected chi connectivity index (χ2v) is 11.5. The predicted molar refractivity (Wildman–Crippen MR) is 131 cm³/mol. The summed E-state index contributed by atoms with van der Waals surface area (Å²) in [7, 11) is -4.05. The topological polar surface area (TPSA) is 67.4 Å². The third-order valence-electron chi connectivity index (χ3n) is 5.42. The zero-order valence-corrected chi connectivity index (χ0v) is 20.9. The van der Waals surface area contributed by atoms with Crippen molar-refractivity contribution < 1.29 is 26.3 Å². The molecule has 3 aromatic carbocycles. The maximum Gasteiger partial charge on any atom is 0.419 e. The van der Waals surface area contributed by atoms with Gasteiger partial charge in [-0.25, -0.2) is 8.42 Å². The van der Waals surface area contributed by atoms with Crippen molar-refractivity contribution in [3.63, 3.8) is 0 Å². The van der Waals surface area contributed by atoms with Crippen LogP contribution in [0.1, 0.15) is 18.9 Å². The van der Waals surface area contributed by atoms with Crippen LogP contribution in [0.3, 0.4) is 0 Å². The number of anilines is 1. The van der Waals surface area contributed by atoms with Crippen molar-refractivity contribution in [3.8, 4) is 5.75 Å². The number of hydrogen-bond acceptors (Lipinski definition) is 5. The molecule has 186 valence electrons. The molecule has 5 nitrogen and oxygen atoms in total. The highest BCUT2D eigenvalue weighted by Crippen LogP contribution is 2.40. The van der Waals surface area contributed by atoms with Gasteiger partial charge in [-0.1, -0.05) is 35.5 Å². The minimum atomic E-state index is -4.65. The maximum absolute atomic E-state index is 13.6. The van der Waals surface area contributed by atoms with E-state index in [0.29, 0.717) is 24.5 Å². The van der Waals surface area contributed by atoms with Gasteiger partial charge >= 0.3 is 6.18 Å². The molecule has 4 rings (SSSR count). The highest BCUT2D eigenvalue weighted by molar-refractivity contribution is 7.99. The Bertz CT molecular complexity index is 1310. The quantitative estimate of drug-likeness (QED) is 0.359. The van der Waals surface area contributed by atoms with Crippen LogP contribution in [-0.2, 0) is 16.2 Å². The minimum Gasteiger partial charge on any atom is -0.485 e. The molecular formula is C24H22ClF3N2O3S2. The highest BCUT2D eigenvalue weighted by atomic mass is 35.5. The molecule has 0 radical (unpaired) electrons. The van der Waals surface area contributed by atoms with Crippen molar-refractivity contribution in [3.05, 3.63) is 77.3 Å². The van der Waals surface area contributed by atoms with E-state index in [1.165, 1.54) is 23.9 Å².